The van der Waals surface area contributed by atoms with Crippen LogP contribution < -0.4 is 5.84 Å². The summed E-state index contributed by atoms with van der Waals surface area (Å²) in [7, 11) is -4.54. The molecule has 0 spiro atoms. The van der Waals surface area contributed by atoms with Gasteiger partial charge >= 0.3 is 0 Å². The third kappa shape index (κ3) is 5.38. The van der Waals surface area contributed by atoms with Gasteiger partial charge in [-0.2, -0.15) is 18.8 Å². The van der Waals surface area contributed by atoms with Gasteiger partial charge in [-0.1, -0.05) is 78.0 Å². The minimum absolute atomic E-state index is 0.0113. The van der Waals surface area contributed by atoms with Crippen molar-refractivity contribution < 1.29 is 13.0 Å². The van der Waals surface area contributed by atoms with E-state index in [4.69, 9.17) is 5.84 Å². The molecular weight excluding hydrogens is 464 g/mol. The molecule has 0 aliphatic heterocycles. The van der Waals surface area contributed by atoms with Crippen molar-refractivity contribution in [1.29, 1.82) is 5.26 Å². The van der Waals surface area contributed by atoms with E-state index in [1.165, 1.54) is 6.07 Å². The molecule has 0 aromatic heterocycles. The molecule has 0 saturated carbocycles. The van der Waals surface area contributed by atoms with Crippen LogP contribution in [0.1, 0.15) is 12.0 Å². The molecule has 0 amide bonds. The molecule has 9 nitrogen and oxygen atoms in total. The molecule has 0 radical (unpaired) electrons. The lowest BCUT2D eigenvalue weighted by atomic mass is 9.95. The summed E-state index contributed by atoms with van der Waals surface area (Å²) in [6, 6.07) is 19.4. The normalized spacial score (nSPS) is 16.6. The van der Waals surface area contributed by atoms with Crippen molar-refractivity contribution in [3.8, 4) is 6.07 Å². The number of azo groups is 1. The van der Waals surface area contributed by atoms with Gasteiger partial charge in [0.05, 0.1) is 17.3 Å². The summed E-state index contributed by atoms with van der Waals surface area (Å²) < 4.78 is 33.7. The Morgan fingerprint density at radius 3 is 2.40 bits per heavy atom. The van der Waals surface area contributed by atoms with Gasteiger partial charge in [0.2, 0.25) is 0 Å². The first-order chi connectivity index (χ1) is 16.9. The quantitative estimate of drug-likeness (QED) is 0.140. The summed E-state index contributed by atoms with van der Waals surface area (Å²) in [6.45, 7) is 0. The van der Waals surface area contributed by atoms with Crippen LogP contribution in [0, 0.1) is 17.2 Å². The molecule has 4 rings (SSSR count). The van der Waals surface area contributed by atoms with Crippen LogP contribution in [-0.2, 0) is 10.1 Å². The van der Waals surface area contributed by atoms with Crippen LogP contribution in [-0.4, -0.2) is 13.0 Å². The predicted octanol–water partition coefficient (Wildman–Crippen LogP) is 6.19. The number of rotatable bonds is 6. The van der Waals surface area contributed by atoms with Gasteiger partial charge in [0.1, 0.15) is 16.3 Å². The Balaban J connectivity index is 1.64. The lowest BCUT2D eigenvalue weighted by molar-refractivity contribution is 0.484. The fourth-order valence-corrected chi connectivity index (χ4v) is 4.45. The summed E-state index contributed by atoms with van der Waals surface area (Å²) in [4.78, 5) is -0.318. The largest absolute Gasteiger partial charge is 0.305 e. The minimum atomic E-state index is -4.54. The van der Waals surface area contributed by atoms with E-state index in [2.05, 4.69) is 26.6 Å². The number of nitrogens with two attached hydrogens (primary N) is 1. The molecule has 3 aromatic carbocycles. The van der Waals surface area contributed by atoms with Gasteiger partial charge < -0.3 is 5.84 Å². The SMILES string of the molecule is N#C/C(=C\C1C=CC(/N=N/c2cc(S(=O)(=O)O)c3ccccc3c2N=NN)=CC1)c1ccccc1. The molecule has 3 N–H and O–H groups in total. The monoisotopic (exact) mass is 484 g/mol. The Labute approximate surface area is 202 Å². The summed E-state index contributed by atoms with van der Waals surface area (Å²) in [5.41, 5.74) is 2.29. The summed E-state index contributed by atoms with van der Waals surface area (Å²) in [5.74, 6) is 5.27. The third-order valence-corrected chi connectivity index (χ3v) is 6.26. The van der Waals surface area contributed by atoms with Crippen LogP contribution in [0.5, 0.6) is 0 Å². The van der Waals surface area contributed by atoms with E-state index in [1.54, 1.807) is 30.3 Å². The number of hydrogen-bond donors (Lipinski definition) is 2. The maximum Gasteiger partial charge on any atom is 0.295 e. The molecule has 10 heteroatoms. The van der Waals surface area contributed by atoms with E-state index in [0.29, 0.717) is 23.1 Å². The van der Waals surface area contributed by atoms with Crippen LogP contribution in [0.2, 0.25) is 0 Å². The van der Waals surface area contributed by atoms with Gasteiger partial charge in [-0.15, -0.1) is 10.2 Å². The summed E-state index contributed by atoms with van der Waals surface area (Å²) >= 11 is 0. The second-order valence-electron chi connectivity index (χ2n) is 7.62. The average molecular weight is 485 g/mol. The first-order valence-corrected chi connectivity index (χ1v) is 12.0. The van der Waals surface area contributed by atoms with Crippen molar-refractivity contribution in [2.45, 2.75) is 11.3 Å². The van der Waals surface area contributed by atoms with Crippen molar-refractivity contribution in [1.82, 2.24) is 0 Å². The molecule has 1 aliphatic carbocycles. The Kier molecular flexibility index (Phi) is 6.91. The second-order valence-corrected chi connectivity index (χ2v) is 9.01. The van der Waals surface area contributed by atoms with Gasteiger partial charge in [0, 0.05) is 16.7 Å². The summed E-state index contributed by atoms with van der Waals surface area (Å²) in [5, 5.41) is 25.8. The van der Waals surface area contributed by atoms with E-state index in [0.717, 1.165) is 5.56 Å². The van der Waals surface area contributed by atoms with Crippen molar-refractivity contribution in [3.05, 3.63) is 96.2 Å². The van der Waals surface area contributed by atoms with E-state index in [-0.39, 0.29) is 27.6 Å². The maximum atomic E-state index is 12.0. The van der Waals surface area contributed by atoms with Gasteiger partial charge in [0.15, 0.2) is 0 Å². The molecule has 0 saturated heterocycles. The standard InChI is InChI=1S/C25H20N6O3S/c26-16-19(18-6-2-1-3-7-18)14-17-10-12-20(13-11-17)28-29-23-15-24(35(32,33)34)21-8-4-5-9-22(21)25(23)30-31-27/h1-10,12-15,17H,11H2,(H2,27,30)(H,32,33,34)/b19-14+,29-28+. The van der Waals surface area contributed by atoms with Crippen molar-refractivity contribution >= 4 is 37.8 Å². The number of hydrogen-bond acceptors (Lipinski definition) is 7. The molecule has 1 atom stereocenters. The smallest absolute Gasteiger partial charge is 0.295 e. The number of allylic oxidation sites excluding steroid dienone is 5. The zero-order valence-corrected chi connectivity index (χ0v) is 19.2. The van der Waals surface area contributed by atoms with Crippen LogP contribution in [0.4, 0.5) is 11.4 Å². The Hall–Kier alpha value is -4.46. The molecule has 0 bridgehead atoms. The predicted molar refractivity (Wildman–Crippen MR) is 132 cm³/mol. The molecular formula is C25H20N6O3S. The summed E-state index contributed by atoms with van der Waals surface area (Å²) in [6.07, 6.45) is 8.05. The first-order valence-electron chi connectivity index (χ1n) is 10.5. The topological polar surface area (TPSA) is 154 Å². The number of benzene rings is 3. The third-order valence-electron chi connectivity index (χ3n) is 5.37. The van der Waals surface area contributed by atoms with Crippen LogP contribution in [0.15, 0.2) is 116 Å². The van der Waals surface area contributed by atoms with E-state index >= 15 is 0 Å². The minimum Gasteiger partial charge on any atom is -0.305 e. The van der Waals surface area contributed by atoms with Crippen LogP contribution in [0.3, 0.4) is 0 Å². The zero-order valence-electron chi connectivity index (χ0n) is 18.4. The fourth-order valence-electron chi connectivity index (χ4n) is 3.73. The van der Waals surface area contributed by atoms with E-state index in [9.17, 15) is 18.2 Å². The van der Waals surface area contributed by atoms with E-state index < -0.39 is 10.1 Å². The van der Waals surface area contributed by atoms with Gasteiger partial charge in [-0.05, 0) is 24.1 Å². The second kappa shape index (κ2) is 10.2. The number of nitrogens with zero attached hydrogens (tertiary/aromatic N) is 5. The van der Waals surface area contributed by atoms with Crippen LogP contribution in [0.25, 0.3) is 16.3 Å². The molecule has 35 heavy (non-hydrogen) atoms. The number of fused-ring (bicyclic) bond motifs is 1. The van der Waals surface area contributed by atoms with Crippen molar-refractivity contribution in [2.24, 2.45) is 32.3 Å². The Morgan fingerprint density at radius 2 is 1.77 bits per heavy atom. The van der Waals surface area contributed by atoms with E-state index in [1.807, 2.05) is 48.6 Å². The average Bonchev–Trinajstić information content (AvgIpc) is 2.87. The highest BCUT2D eigenvalue weighted by Crippen LogP contribution is 2.40. The molecule has 1 unspecified atom stereocenters. The molecule has 0 fully saturated rings. The fraction of sp³-hybridized carbons (Fsp3) is 0.0800. The zero-order chi connectivity index (χ0) is 24.8. The molecule has 1 aliphatic rings. The highest BCUT2D eigenvalue weighted by Gasteiger charge is 2.20. The Morgan fingerprint density at radius 1 is 1.06 bits per heavy atom. The van der Waals surface area contributed by atoms with Crippen molar-refractivity contribution in [3.63, 3.8) is 0 Å². The lowest BCUT2D eigenvalue weighted by Crippen LogP contribution is -1.99. The lowest BCUT2D eigenvalue weighted by Gasteiger charge is -2.11. The van der Waals surface area contributed by atoms with Crippen LogP contribution >= 0.6 is 0 Å². The number of nitriles is 1. The molecule has 174 valence electrons. The molecule has 0 heterocycles. The van der Waals surface area contributed by atoms with Gasteiger partial charge in [-0.3, -0.25) is 4.55 Å². The maximum absolute atomic E-state index is 12.0. The highest BCUT2D eigenvalue weighted by molar-refractivity contribution is 7.86. The van der Waals surface area contributed by atoms with Gasteiger partial charge in [0.25, 0.3) is 10.1 Å². The van der Waals surface area contributed by atoms with Gasteiger partial charge in [-0.25, -0.2) is 0 Å². The molecule has 3 aromatic rings. The first kappa shape index (κ1) is 23.7. The highest BCUT2D eigenvalue weighted by atomic mass is 32.2. The van der Waals surface area contributed by atoms with Crippen molar-refractivity contribution in [2.75, 3.05) is 0 Å². The Bertz CT molecular complexity index is 1570.